The molecule has 0 aliphatic carbocycles. The normalized spacial score (nSPS) is 19.3. The molecule has 0 spiro atoms. The second-order valence-corrected chi connectivity index (χ2v) is 11.2. The van der Waals surface area contributed by atoms with Crippen LogP contribution in [0.4, 0.5) is 9.93 Å². The third-order valence-corrected chi connectivity index (χ3v) is 8.37. The van der Waals surface area contributed by atoms with Crippen molar-refractivity contribution in [2.45, 2.75) is 44.9 Å². The molecule has 212 valence electrons. The first kappa shape index (κ1) is 27.7. The molecule has 5 rings (SSSR count). The van der Waals surface area contributed by atoms with Crippen LogP contribution >= 0.6 is 11.3 Å². The molecule has 2 saturated heterocycles. The van der Waals surface area contributed by atoms with Gasteiger partial charge in [0.25, 0.3) is 0 Å². The summed E-state index contributed by atoms with van der Waals surface area (Å²) in [6.07, 6.45) is 1.68. The summed E-state index contributed by atoms with van der Waals surface area (Å²) in [4.78, 5) is 48.3. The number of carbonyl (C=O) groups is 3. The second-order valence-electron chi connectivity index (χ2n) is 10.1. The lowest BCUT2D eigenvalue weighted by atomic mass is 9.99. The minimum atomic E-state index is -0.721. The Bertz CT molecular complexity index is 1400. The van der Waals surface area contributed by atoms with Crippen molar-refractivity contribution in [1.82, 2.24) is 30.1 Å². The van der Waals surface area contributed by atoms with Crippen molar-refractivity contribution in [3.8, 4) is 5.75 Å². The Balaban J connectivity index is 1.45. The average molecular weight is 566 g/mol. The zero-order valence-corrected chi connectivity index (χ0v) is 23.8. The molecule has 0 saturated carbocycles. The van der Waals surface area contributed by atoms with E-state index in [4.69, 9.17) is 10.5 Å². The molecule has 1 aromatic heterocycles. The molecule has 2 fully saturated rings. The van der Waals surface area contributed by atoms with Gasteiger partial charge in [-0.1, -0.05) is 48.9 Å². The number of aromatic nitrogens is 1. The van der Waals surface area contributed by atoms with Crippen LogP contribution in [0.5, 0.6) is 5.75 Å². The number of hydrogen-bond acceptors (Lipinski definition) is 8. The highest BCUT2D eigenvalue weighted by Crippen LogP contribution is 2.32. The number of para-hydroxylation sites is 1. The minimum Gasteiger partial charge on any atom is -0.497 e. The molecule has 4 amide bonds. The van der Waals surface area contributed by atoms with Gasteiger partial charge in [-0.3, -0.25) is 14.6 Å². The van der Waals surface area contributed by atoms with Crippen molar-refractivity contribution >= 4 is 44.5 Å². The van der Waals surface area contributed by atoms with Crippen molar-refractivity contribution in [1.29, 1.82) is 0 Å². The fourth-order valence-electron chi connectivity index (χ4n) is 5.39. The number of fused-ring (bicyclic) bond motifs is 2. The lowest BCUT2D eigenvalue weighted by Gasteiger charge is -2.45. The maximum atomic E-state index is 14.0. The van der Waals surface area contributed by atoms with Crippen LogP contribution in [0.3, 0.4) is 0 Å². The van der Waals surface area contributed by atoms with Crippen molar-refractivity contribution in [2.75, 3.05) is 39.5 Å². The smallest absolute Gasteiger partial charge is 0.331 e. The Morgan fingerprint density at radius 3 is 2.73 bits per heavy atom. The zero-order chi connectivity index (χ0) is 28.4. The molecule has 3 heterocycles. The van der Waals surface area contributed by atoms with Gasteiger partial charge in [-0.15, -0.1) is 0 Å². The van der Waals surface area contributed by atoms with E-state index in [1.807, 2.05) is 42.5 Å². The summed E-state index contributed by atoms with van der Waals surface area (Å²) in [7, 11) is 3.27. The standard InChI is InChI=1S/C28H35N7O4S/c1-4-5-13-30-28(38)32(2)34-17-24(36)35-21(14-18-9-11-20(39-3)12-10-18)26(37)33(16-23(34)35)15-19-7-6-8-22-25(19)31-27(29)40-22/h6-12,21,23H,4-5,13-17H2,1-3H3,(H2,29,31)(H,30,38)/t21-,23+/m0/s1. The van der Waals surface area contributed by atoms with E-state index in [0.717, 1.165) is 34.2 Å². The quantitative estimate of drug-likeness (QED) is 0.382. The van der Waals surface area contributed by atoms with Crippen LogP contribution < -0.4 is 15.8 Å². The van der Waals surface area contributed by atoms with Gasteiger partial charge in [0.2, 0.25) is 11.8 Å². The first-order valence-corrected chi connectivity index (χ1v) is 14.3. The van der Waals surface area contributed by atoms with E-state index in [1.165, 1.54) is 16.3 Å². The maximum absolute atomic E-state index is 14.0. The number of urea groups is 1. The van der Waals surface area contributed by atoms with Crippen LogP contribution in [-0.4, -0.2) is 88.6 Å². The lowest BCUT2D eigenvalue weighted by Crippen LogP contribution is -2.65. The van der Waals surface area contributed by atoms with Crippen LogP contribution in [0, 0.1) is 0 Å². The summed E-state index contributed by atoms with van der Waals surface area (Å²) in [5, 5.41) is 6.62. The molecule has 0 unspecified atom stereocenters. The number of nitrogens with zero attached hydrogens (tertiary/aromatic N) is 5. The highest BCUT2D eigenvalue weighted by molar-refractivity contribution is 7.22. The maximum Gasteiger partial charge on any atom is 0.331 e. The number of hydrogen-bond donors (Lipinski definition) is 2. The SMILES string of the molecule is CCCCNC(=O)N(C)N1CC(=O)N2[C@@H](Cc3ccc(OC)cc3)C(=O)N(Cc3cccc4sc(N)nc34)C[C@@H]21. The Kier molecular flexibility index (Phi) is 8.08. The van der Waals surface area contributed by atoms with Crippen LogP contribution in [-0.2, 0) is 22.6 Å². The Morgan fingerprint density at radius 2 is 2.00 bits per heavy atom. The van der Waals surface area contributed by atoms with Crippen LogP contribution in [0.2, 0.25) is 0 Å². The van der Waals surface area contributed by atoms with E-state index in [2.05, 4.69) is 17.2 Å². The minimum absolute atomic E-state index is 0.0147. The average Bonchev–Trinajstić information content (AvgIpc) is 3.50. The zero-order valence-electron chi connectivity index (χ0n) is 23.0. The summed E-state index contributed by atoms with van der Waals surface area (Å²) in [6.45, 7) is 3.20. The van der Waals surface area contributed by atoms with Crippen molar-refractivity contribution < 1.29 is 19.1 Å². The predicted octanol–water partition coefficient (Wildman–Crippen LogP) is 2.67. The van der Waals surface area contributed by atoms with E-state index < -0.39 is 12.2 Å². The van der Waals surface area contributed by atoms with E-state index in [0.29, 0.717) is 30.4 Å². The number of anilines is 1. The number of hydrazine groups is 1. The van der Waals surface area contributed by atoms with Gasteiger partial charge < -0.3 is 25.6 Å². The molecule has 2 aromatic carbocycles. The molecular formula is C28H35N7O4S. The highest BCUT2D eigenvalue weighted by Gasteiger charge is 2.51. The summed E-state index contributed by atoms with van der Waals surface area (Å²) in [5.74, 6) is 0.393. The van der Waals surface area contributed by atoms with Crippen molar-refractivity contribution in [3.05, 3.63) is 53.6 Å². The number of thiazole rings is 1. The molecule has 3 N–H and O–H groups in total. The third-order valence-electron chi connectivity index (χ3n) is 7.52. The second kappa shape index (κ2) is 11.7. The molecule has 0 bridgehead atoms. The van der Waals surface area contributed by atoms with E-state index in [-0.39, 0.29) is 30.9 Å². The fraction of sp³-hybridized carbons (Fsp3) is 0.429. The molecule has 2 aliphatic rings. The lowest BCUT2D eigenvalue weighted by molar-refractivity contribution is -0.157. The molecule has 0 radical (unpaired) electrons. The number of nitrogens with one attached hydrogen (secondary N) is 1. The number of rotatable bonds is 9. The van der Waals surface area contributed by atoms with Gasteiger partial charge >= 0.3 is 6.03 Å². The van der Waals surface area contributed by atoms with E-state index in [9.17, 15) is 14.4 Å². The van der Waals surface area contributed by atoms with E-state index in [1.54, 1.807) is 29.0 Å². The number of benzene rings is 2. The van der Waals surface area contributed by atoms with Gasteiger partial charge in [-0.05, 0) is 35.7 Å². The molecule has 2 atom stereocenters. The summed E-state index contributed by atoms with van der Waals surface area (Å²) < 4.78 is 6.24. The number of amides is 4. The summed E-state index contributed by atoms with van der Waals surface area (Å²) in [6, 6.07) is 12.4. The Morgan fingerprint density at radius 1 is 1.23 bits per heavy atom. The van der Waals surface area contributed by atoms with Gasteiger partial charge in [0.15, 0.2) is 5.13 Å². The predicted molar refractivity (Wildman–Crippen MR) is 153 cm³/mol. The number of carbonyl (C=O) groups excluding carboxylic acids is 3. The molecular weight excluding hydrogens is 530 g/mol. The number of ether oxygens (including phenoxy) is 1. The number of methoxy groups -OCH3 is 1. The molecule has 3 aromatic rings. The molecule has 2 aliphatic heterocycles. The fourth-order valence-corrected chi connectivity index (χ4v) is 6.18. The Labute approximate surface area is 237 Å². The number of unbranched alkanes of at least 4 members (excludes halogenated alkanes) is 1. The first-order valence-electron chi connectivity index (χ1n) is 13.5. The molecule has 11 nitrogen and oxygen atoms in total. The number of piperazine rings is 1. The first-order chi connectivity index (χ1) is 19.3. The van der Waals surface area contributed by atoms with Gasteiger partial charge in [0, 0.05) is 26.6 Å². The Hall–Kier alpha value is -3.90. The van der Waals surface area contributed by atoms with Gasteiger partial charge in [0.1, 0.15) is 18.0 Å². The highest BCUT2D eigenvalue weighted by atomic mass is 32.1. The van der Waals surface area contributed by atoms with Gasteiger partial charge in [0.05, 0.1) is 30.4 Å². The van der Waals surface area contributed by atoms with Crippen LogP contribution in [0.15, 0.2) is 42.5 Å². The third kappa shape index (κ3) is 5.41. The van der Waals surface area contributed by atoms with Crippen molar-refractivity contribution in [3.63, 3.8) is 0 Å². The van der Waals surface area contributed by atoms with Gasteiger partial charge in [-0.25, -0.2) is 9.78 Å². The number of nitrogens with two attached hydrogens (primary N) is 1. The summed E-state index contributed by atoms with van der Waals surface area (Å²) in [5.41, 5.74) is 8.55. The number of nitrogen functional groups attached to an aromatic ring is 1. The summed E-state index contributed by atoms with van der Waals surface area (Å²) >= 11 is 1.41. The van der Waals surface area contributed by atoms with E-state index >= 15 is 0 Å². The van der Waals surface area contributed by atoms with Crippen molar-refractivity contribution in [2.24, 2.45) is 0 Å². The largest absolute Gasteiger partial charge is 0.497 e. The monoisotopic (exact) mass is 565 g/mol. The molecule has 40 heavy (non-hydrogen) atoms. The van der Waals surface area contributed by atoms with Crippen LogP contribution in [0.1, 0.15) is 30.9 Å². The van der Waals surface area contributed by atoms with Crippen LogP contribution in [0.25, 0.3) is 10.2 Å². The molecule has 12 heteroatoms. The topological polar surface area (TPSA) is 124 Å². The van der Waals surface area contributed by atoms with Gasteiger partial charge in [-0.2, -0.15) is 5.01 Å².